The lowest BCUT2D eigenvalue weighted by molar-refractivity contribution is -0.120. The molecule has 138 valence electrons. The Balaban J connectivity index is 2.32. The maximum Gasteiger partial charge on any atom is 0.227 e. The summed E-state index contributed by atoms with van der Waals surface area (Å²) in [6, 6.07) is 0. The molecule has 0 aliphatic carbocycles. The minimum atomic E-state index is 0.0829. The number of nitrogens with one attached hydrogen (secondary N) is 2. The zero-order valence-electron chi connectivity index (χ0n) is 16.1. The van der Waals surface area contributed by atoms with Crippen molar-refractivity contribution < 1.29 is 4.79 Å². The van der Waals surface area contributed by atoms with Crippen molar-refractivity contribution in [2.75, 3.05) is 5.32 Å². The van der Waals surface area contributed by atoms with Crippen molar-refractivity contribution >= 4 is 22.6 Å². The molecule has 0 aromatic carbocycles. The third-order valence-corrected chi connectivity index (χ3v) is 5.09. The van der Waals surface area contributed by atoms with Crippen molar-refractivity contribution in [1.29, 1.82) is 0 Å². The SMILES string of the molecule is CCCCC(CCC)C(=O)Nc1cnc2[nH]ncc2c1C(CC)CC. The number of hydrogen-bond donors (Lipinski definition) is 2. The van der Waals surface area contributed by atoms with E-state index >= 15 is 0 Å². The van der Waals surface area contributed by atoms with Gasteiger partial charge in [-0.3, -0.25) is 9.89 Å². The Kier molecular flexibility index (Phi) is 7.41. The highest BCUT2D eigenvalue weighted by Gasteiger charge is 2.22. The first-order valence-electron chi connectivity index (χ1n) is 9.78. The molecule has 1 unspecified atom stereocenters. The van der Waals surface area contributed by atoms with Crippen LogP contribution in [0.1, 0.15) is 84.1 Å². The summed E-state index contributed by atoms with van der Waals surface area (Å²) >= 11 is 0. The highest BCUT2D eigenvalue weighted by atomic mass is 16.1. The Morgan fingerprint density at radius 1 is 1.12 bits per heavy atom. The van der Waals surface area contributed by atoms with Crippen molar-refractivity contribution in [3.05, 3.63) is 18.0 Å². The maximum atomic E-state index is 12.9. The van der Waals surface area contributed by atoms with Crippen LogP contribution < -0.4 is 5.32 Å². The lowest BCUT2D eigenvalue weighted by Crippen LogP contribution is -2.24. The van der Waals surface area contributed by atoms with E-state index < -0.39 is 0 Å². The second kappa shape index (κ2) is 9.54. The number of unbranched alkanes of at least 4 members (excludes halogenated alkanes) is 1. The van der Waals surface area contributed by atoms with Crippen LogP contribution in [0.15, 0.2) is 12.4 Å². The molecule has 1 amide bonds. The summed E-state index contributed by atoms with van der Waals surface area (Å²) in [5, 5.41) is 11.3. The van der Waals surface area contributed by atoms with Gasteiger partial charge in [0, 0.05) is 11.3 Å². The van der Waals surface area contributed by atoms with E-state index in [1.807, 2.05) is 6.20 Å². The Morgan fingerprint density at radius 2 is 1.88 bits per heavy atom. The number of hydrogen-bond acceptors (Lipinski definition) is 3. The molecule has 0 aliphatic rings. The molecule has 0 radical (unpaired) electrons. The molecule has 5 nitrogen and oxygen atoms in total. The summed E-state index contributed by atoms with van der Waals surface area (Å²) in [5.74, 6) is 0.602. The van der Waals surface area contributed by atoms with Crippen LogP contribution in [0.4, 0.5) is 5.69 Å². The largest absolute Gasteiger partial charge is 0.324 e. The van der Waals surface area contributed by atoms with Crippen molar-refractivity contribution in [2.45, 2.75) is 78.6 Å². The molecule has 2 rings (SSSR count). The highest BCUT2D eigenvalue weighted by Crippen LogP contribution is 2.35. The molecule has 0 aliphatic heterocycles. The van der Waals surface area contributed by atoms with Crippen LogP contribution in [-0.4, -0.2) is 21.1 Å². The van der Waals surface area contributed by atoms with E-state index in [0.717, 1.165) is 61.7 Å². The van der Waals surface area contributed by atoms with Gasteiger partial charge in [0.25, 0.3) is 0 Å². The Bertz CT molecular complexity index is 675. The van der Waals surface area contributed by atoms with Crippen molar-refractivity contribution in [3.63, 3.8) is 0 Å². The van der Waals surface area contributed by atoms with Crippen molar-refractivity contribution in [1.82, 2.24) is 15.2 Å². The number of aromatic amines is 1. The summed E-state index contributed by atoms with van der Waals surface area (Å²) < 4.78 is 0. The molecule has 2 heterocycles. The first kappa shape index (κ1) is 19.4. The van der Waals surface area contributed by atoms with Crippen LogP contribution in [0.25, 0.3) is 11.0 Å². The number of carbonyl (C=O) groups excluding carboxylic acids is 1. The molecule has 5 heteroatoms. The van der Waals surface area contributed by atoms with E-state index in [0.29, 0.717) is 5.92 Å². The minimum absolute atomic E-state index is 0.0829. The lowest BCUT2D eigenvalue weighted by Gasteiger charge is -2.21. The standard InChI is InChI=1S/C20H32N4O/c1-5-9-11-15(10-6-2)20(25)23-17-13-21-19-16(12-22-24-19)18(17)14(7-3)8-4/h12-15H,5-11H2,1-4H3,(H,23,25)(H,21,22,24). The molecule has 0 saturated heterocycles. The molecule has 2 aromatic rings. The highest BCUT2D eigenvalue weighted by molar-refractivity contribution is 5.96. The van der Waals surface area contributed by atoms with Gasteiger partial charge in [-0.1, -0.05) is 47.0 Å². The molecular weight excluding hydrogens is 312 g/mol. The second-order valence-electron chi connectivity index (χ2n) is 6.85. The van der Waals surface area contributed by atoms with E-state index in [-0.39, 0.29) is 11.8 Å². The predicted octanol–water partition coefficient (Wildman–Crippen LogP) is 5.41. The lowest BCUT2D eigenvalue weighted by atomic mass is 9.90. The monoisotopic (exact) mass is 344 g/mol. The summed E-state index contributed by atoms with van der Waals surface area (Å²) in [7, 11) is 0. The minimum Gasteiger partial charge on any atom is -0.324 e. The third-order valence-electron chi connectivity index (χ3n) is 5.09. The van der Waals surface area contributed by atoms with E-state index in [4.69, 9.17) is 0 Å². The number of carbonyl (C=O) groups is 1. The van der Waals surface area contributed by atoms with Crippen LogP contribution in [0, 0.1) is 5.92 Å². The van der Waals surface area contributed by atoms with E-state index in [2.05, 4.69) is 48.2 Å². The van der Waals surface area contributed by atoms with Crippen LogP contribution in [0.2, 0.25) is 0 Å². The molecule has 1 atom stereocenters. The molecule has 2 aromatic heterocycles. The van der Waals surface area contributed by atoms with E-state index in [1.54, 1.807) is 6.20 Å². The number of H-pyrrole nitrogens is 1. The fourth-order valence-corrected chi connectivity index (χ4v) is 3.60. The molecule has 0 spiro atoms. The smallest absolute Gasteiger partial charge is 0.227 e. The van der Waals surface area contributed by atoms with E-state index in [9.17, 15) is 4.79 Å². The van der Waals surface area contributed by atoms with E-state index in [1.165, 1.54) is 5.56 Å². The van der Waals surface area contributed by atoms with Gasteiger partial charge < -0.3 is 5.32 Å². The Hall–Kier alpha value is -1.91. The second-order valence-corrected chi connectivity index (χ2v) is 6.85. The number of nitrogens with zero attached hydrogens (tertiary/aromatic N) is 2. The fraction of sp³-hybridized carbons (Fsp3) is 0.650. The van der Waals surface area contributed by atoms with Gasteiger partial charge in [0.15, 0.2) is 5.65 Å². The number of aromatic nitrogens is 3. The van der Waals surface area contributed by atoms with Gasteiger partial charge in [0.05, 0.1) is 18.1 Å². The van der Waals surface area contributed by atoms with Crippen molar-refractivity contribution in [3.8, 4) is 0 Å². The molecule has 0 fully saturated rings. The number of rotatable bonds is 10. The van der Waals surface area contributed by atoms with Gasteiger partial charge >= 0.3 is 0 Å². The first-order chi connectivity index (χ1) is 12.2. The number of pyridine rings is 1. The summed E-state index contributed by atoms with van der Waals surface area (Å²) in [5.41, 5.74) is 2.81. The number of amides is 1. The summed E-state index contributed by atoms with van der Waals surface area (Å²) in [4.78, 5) is 17.3. The van der Waals surface area contributed by atoms with Gasteiger partial charge in [0.1, 0.15) is 0 Å². The fourth-order valence-electron chi connectivity index (χ4n) is 3.60. The van der Waals surface area contributed by atoms with Crippen LogP contribution >= 0.6 is 0 Å². The number of fused-ring (bicyclic) bond motifs is 1. The molecule has 25 heavy (non-hydrogen) atoms. The third kappa shape index (κ3) is 4.59. The van der Waals surface area contributed by atoms with Gasteiger partial charge in [-0.15, -0.1) is 0 Å². The first-order valence-corrected chi connectivity index (χ1v) is 9.78. The topological polar surface area (TPSA) is 70.7 Å². The zero-order valence-corrected chi connectivity index (χ0v) is 16.1. The number of anilines is 1. The van der Waals surface area contributed by atoms with Gasteiger partial charge in [-0.05, 0) is 37.2 Å². The molecular formula is C20H32N4O. The van der Waals surface area contributed by atoms with Crippen LogP contribution in [0.3, 0.4) is 0 Å². The van der Waals surface area contributed by atoms with Crippen LogP contribution in [0.5, 0.6) is 0 Å². The quantitative estimate of drug-likeness (QED) is 0.605. The zero-order chi connectivity index (χ0) is 18.2. The Labute approximate surface area is 151 Å². The van der Waals surface area contributed by atoms with Gasteiger partial charge in [-0.2, -0.15) is 5.10 Å². The molecule has 0 saturated carbocycles. The van der Waals surface area contributed by atoms with Crippen molar-refractivity contribution in [2.24, 2.45) is 5.92 Å². The average Bonchev–Trinajstić information content (AvgIpc) is 3.09. The predicted molar refractivity (Wildman–Crippen MR) is 104 cm³/mol. The van der Waals surface area contributed by atoms with Crippen LogP contribution in [-0.2, 0) is 4.79 Å². The maximum absolute atomic E-state index is 12.9. The summed E-state index contributed by atoms with van der Waals surface area (Å²) in [6.07, 6.45) is 10.8. The average molecular weight is 345 g/mol. The summed E-state index contributed by atoms with van der Waals surface area (Å²) in [6.45, 7) is 8.68. The molecule has 2 N–H and O–H groups in total. The van der Waals surface area contributed by atoms with Gasteiger partial charge in [0.2, 0.25) is 5.91 Å². The normalized spacial score (nSPS) is 12.7. The Morgan fingerprint density at radius 3 is 2.52 bits per heavy atom. The van der Waals surface area contributed by atoms with Gasteiger partial charge in [-0.25, -0.2) is 4.98 Å². The molecule has 0 bridgehead atoms.